The molecule has 0 N–H and O–H groups in total. The minimum Gasteiger partial charge on any atom is -0.339 e. The molecule has 4 heterocycles. The second kappa shape index (κ2) is 11.8. The number of carbonyl (C=O) groups excluding carboxylic acids is 1. The summed E-state index contributed by atoms with van der Waals surface area (Å²) in [7, 11) is -3.98. The van der Waals surface area contributed by atoms with Gasteiger partial charge in [-0.25, -0.2) is 42.5 Å². The number of nitrogens with zero attached hydrogens (tertiary/aromatic N) is 7. The van der Waals surface area contributed by atoms with Crippen molar-refractivity contribution in [3.8, 4) is 16.9 Å². The summed E-state index contributed by atoms with van der Waals surface area (Å²) in [6.07, 6.45) is 3.30. The first kappa shape index (κ1) is 31.3. The molecule has 232 valence electrons. The summed E-state index contributed by atoms with van der Waals surface area (Å²) in [5.41, 5.74) is -3.11. The third-order valence-electron chi connectivity index (χ3n) is 7.51. The number of carbonyl (C=O) groups is 1. The number of halogens is 3. The standard InChI is InChI=1S/C30H26F3N7O4S/c1-6-24(41)38-14-16(2)39(18(15-38)13-34-4)29-19-12-22(33)26(25-20(31)8-7-9-21(25)32)36-28(19)40(30(42)37-29)27-17(3)35-11-10-23(27)45(5,43)44/h6-12,16,18H,1,13-15H2,2-3,5H3/t16-,18-/m0/s1. The maximum absolute atomic E-state index is 15.9. The van der Waals surface area contributed by atoms with Crippen molar-refractivity contribution in [3.05, 3.63) is 94.2 Å². The maximum Gasteiger partial charge on any atom is 0.355 e. The summed E-state index contributed by atoms with van der Waals surface area (Å²) in [6, 6.07) is 3.76. The van der Waals surface area contributed by atoms with Crippen molar-refractivity contribution >= 4 is 32.6 Å². The van der Waals surface area contributed by atoms with Crippen LogP contribution in [0.3, 0.4) is 0 Å². The van der Waals surface area contributed by atoms with Crippen LogP contribution in [0.5, 0.6) is 0 Å². The molecule has 0 bridgehead atoms. The molecule has 0 saturated carbocycles. The van der Waals surface area contributed by atoms with Gasteiger partial charge in [0.1, 0.15) is 29.2 Å². The van der Waals surface area contributed by atoms with E-state index >= 15 is 4.39 Å². The zero-order valence-electron chi connectivity index (χ0n) is 24.3. The summed E-state index contributed by atoms with van der Waals surface area (Å²) < 4.78 is 72.2. The van der Waals surface area contributed by atoms with Crippen LogP contribution in [0, 0.1) is 30.9 Å². The van der Waals surface area contributed by atoms with Gasteiger partial charge >= 0.3 is 5.69 Å². The van der Waals surface area contributed by atoms with Gasteiger partial charge in [-0.1, -0.05) is 12.6 Å². The molecule has 0 radical (unpaired) electrons. The second-order valence-corrected chi connectivity index (χ2v) is 12.5. The predicted octanol–water partition coefficient (Wildman–Crippen LogP) is 3.48. The normalized spacial score (nSPS) is 16.9. The van der Waals surface area contributed by atoms with E-state index in [9.17, 15) is 26.8 Å². The third-order valence-corrected chi connectivity index (χ3v) is 8.64. The number of piperazine rings is 1. The molecule has 3 aromatic heterocycles. The van der Waals surface area contributed by atoms with Crippen molar-refractivity contribution < 1.29 is 26.4 Å². The molecule has 1 saturated heterocycles. The number of benzene rings is 1. The predicted molar refractivity (Wildman–Crippen MR) is 160 cm³/mol. The highest BCUT2D eigenvalue weighted by molar-refractivity contribution is 7.90. The van der Waals surface area contributed by atoms with Crippen LogP contribution < -0.4 is 10.6 Å². The Kier molecular flexibility index (Phi) is 8.19. The first-order valence-corrected chi connectivity index (χ1v) is 15.4. The Morgan fingerprint density at radius 3 is 2.47 bits per heavy atom. The number of rotatable bonds is 6. The zero-order chi connectivity index (χ0) is 32.8. The van der Waals surface area contributed by atoms with Crippen molar-refractivity contribution in [3.63, 3.8) is 0 Å². The number of amides is 1. The Balaban J connectivity index is 1.90. The monoisotopic (exact) mass is 637 g/mol. The highest BCUT2D eigenvalue weighted by Crippen LogP contribution is 2.35. The topological polar surface area (TPSA) is 123 Å². The average molecular weight is 638 g/mol. The fourth-order valence-corrected chi connectivity index (χ4v) is 6.53. The van der Waals surface area contributed by atoms with E-state index in [0.29, 0.717) is 0 Å². The lowest BCUT2D eigenvalue weighted by molar-refractivity contribution is -0.127. The molecule has 5 rings (SSSR count). The molecule has 4 aromatic rings. The average Bonchev–Trinajstić information content (AvgIpc) is 2.97. The van der Waals surface area contributed by atoms with Crippen molar-refractivity contribution in [1.82, 2.24) is 24.4 Å². The Morgan fingerprint density at radius 2 is 1.84 bits per heavy atom. The Hall–Kier alpha value is -5.10. The molecular formula is C30H26F3N7O4S. The third kappa shape index (κ3) is 5.53. The number of aryl methyl sites for hydroxylation is 1. The van der Waals surface area contributed by atoms with Crippen molar-refractivity contribution in [2.75, 3.05) is 30.8 Å². The van der Waals surface area contributed by atoms with E-state index < -0.39 is 56.3 Å². The number of anilines is 1. The molecule has 1 aliphatic heterocycles. The van der Waals surface area contributed by atoms with Gasteiger partial charge in [-0.15, -0.1) is 0 Å². The maximum atomic E-state index is 15.9. The van der Waals surface area contributed by atoms with Crippen LogP contribution in [0.1, 0.15) is 12.6 Å². The lowest BCUT2D eigenvalue weighted by atomic mass is 10.0. The fourth-order valence-electron chi connectivity index (χ4n) is 5.64. The molecule has 2 atom stereocenters. The van der Waals surface area contributed by atoms with E-state index in [-0.39, 0.29) is 58.7 Å². The SMILES string of the molecule is [C-]#[N+]C[C@H]1CN(C(=O)C=C)C[C@H](C)N1c1nc(=O)n(-c2c(S(C)(=O)=O)ccnc2C)c2nc(-c3c(F)cccc3F)c(F)cc12. The van der Waals surface area contributed by atoms with Crippen LogP contribution in [0.4, 0.5) is 19.0 Å². The van der Waals surface area contributed by atoms with Gasteiger partial charge in [-0.05, 0) is 44.2 Å². The number of pyridine rings is 2. The first-order valence-electron chi connectivity index (χ1n) is 13.5. The number of aromatic nitrogens is 4. The van der Waals surface area contributed by atoms with Crippen LogP contribution in [0.2, 0.25) is 0 Å². The molecule has 0 unspecified atom stereocenters. The smallest absolute Gasteiger partial charge is 0.339 e. The van der Waals surface area contributed by atoms with Crippen LogP contribution in [0.25, 0.3) is 32.8 Å². The molecule has 1 fully saturated rings. The number of hydrogen-bond donors (Lipinski definition) is 0. The Labute approximate surface area is 256 Å². The van der Waals surface area contributed by atoms with E-state index in [1.807, 2.05) is 0 Å². The van der Waals surface area contributed by atoms with Gasteiger partial charge in [-0.3, -0.25) is 9.78 Å². The Morgan fingerprint density at radius 1 is 1.16 bits per heavy atom. The first-order chi connectivity index (χ1) is 21.3. The van der Waals surface area contributed by atoms with Gasteiger partial charge in [0.25, 0.3) is 0 Å². The molecule has 1 amide bonds. The van der Waals surface area contributed by atoms with E-state index in [4.69, 9.17) is 6.57 Å². The van der Waals surface area contributed by atoms with Crippen LogP contribution in [-0.4, -0.2) is 76.7 Å². The quantitative estimate of drug-likeness (QED) is 0.233. The van der Waals surface area contributed by atoms with Gasteiger partial charge in [0.05, 0.1) is 27.2 Å². The highest BCUT2D eigenvalue weighted by Gasteiger charge is 2.38. The lowest BCUT2D eigenvalue weighted by Gasteiger charge is -2.44. The van der Waals surface area contributed by atoms with E-state index in [2.05, 4.69) is 26.4 Å². The lowest BCUT2D eigenvalue weighted by Crippen LogP contribution is -2.60. The molecule has 0 aliphatic carbocycles. The Bertz CT molecular complexity index is 2080. The molecule has 45 heavy (non-hydrogen) atoms. The minimum absolute atomic E-state index is 0.0538. The van der Waals surface area contributed by atoms with Crippen molar-refractivity contribution in [2.45, 2.75) is 30.8 Å². The molecular weight excluding hydrogens is 611 g/mol. The molecule has 15 heteroatoms. The molecule has 0 spiro atoms. The van der Waals surface area contributed by atoms with Crippen molar-refractivity contribution in [2.24, 2.45) is 0 Å². The van der Waals surface area contributed by atoms with E-state index in [0.717, 1.165) is 41.2 Å². The minimum atomic E-state index is -3.98. The summed E-state index contributed by atoms with van der Waals surface area (Å²) in [5.74, 6) is -3.86. The molecule has 1 aliphatic rings. The van der Waals surface area contributed by atoms with Gasteiger partial charge < -0.3 is 14.6 Å². The summed E-state index contributed by atoms with van der Waals surface area (Å²) in [6.45, 7) is 14.3. The summed E-state index contributed by atoms with van der Waals surface area (Å²) in [5, 5.41) is -0.111. The molecule has 11 nitrogen and oxygen atoms in total. The zero-order valence-corrected chi connectivity index (χ0v) is 25.1. The van der Waals surface area contributed by atoms with Crippen LogP contribution >= 0.6 is 0 Å². The van der Waals surface area contributed by atoms with Crippen molar-refractivity contribution in [1.29, 1.82) is 0 Å². The van der Waals surface area contributed by atoms with Gasteiger partial charge in [0, 0.05) is 31.6 Å². The van der Waals surface area contributed by atoms with Crippen LogP contribution in [0.15, 0.2) is 58.9 Å². The highest BCUT2D eigenvalue weighted by atomic mass is 32.2. The summed E-state index contributed by atoms with van der Waals surface area (Å²) >= 11 is 0. The van der Waals surface area contributed by atoms with Gasteiger partial charge in [-0.2, -0.15) is 4.98 Å². The van der Waals surface area contributed by atoms with Gasteiger partial charge in [0.15, 0.2) is 21.3 Å². The van der Waals surface area contributed by atoms with Crippen LogP contribution in [-0.2, 0) is 14.6 Å². The number of hydrogen-bond acceptors (Lipinski definition) is 8. The molecule has 1 aromatic carbocycles. The summed E-state index contributed by atoms with van der Waals surface area (Å²) in [4.78, 5) is 45.3. The largest absolute Gasteiger partial charge is 0.355 e. The number of fused-ring (bicyclic) bond motifs is 1. The van der Waals surface area contributed by atoms with E-state index in [1.54, 1.807) is 11.8 Å². The number of sulfone groups is 1. The second-order valence-electron chi connectivity index (χ2n) is 10.6. The fraction of sp³-hybridized carbons (Fsp3) is 0.267. The van der Waals surface area contributed by atoms with Gasteiger partial charge in [0.2, 0.25) is 12.5 Å². The van der Waals surface area contributed by atoms with E-state index in [1.165, 1.54) is 24.1 Å².